The molecule has 0 spiro atoms. The molecule has 1 aliphatic rings. The van der Waals surface area contributed by atoms with Crippen molar-refractivity contribution >= 4 is 17.6 Å². The van der Waals surface area contributed by atoms with Gasteiger partial charge >= 0.3 is 0 Å². The Hall–Kier alpha value is -2.17. The van der Waals surface area contributed by atoms with Gasteiger partial charge in [-0.15, -0.1) is 0 Å². The number of hydrogen-bond acceptors (Lipinski definition) is 5. The highest BCUT2D eigenvalue weighted by Crippen LogP contribution is 2.25. The minimum atomic E-state index is 0.537. The molecule has 0 aliphatic carbocycles. The molecule has 1 aromatic heterocycles. The summed E-state index contributed by atoms with van der Waals surface area (Å²) in [6.45, 7) is 9.41. The maximum Gasteiger partial charge on any atom is 0.232 e. The summed E-state index contributed by atoms with van der Waals surface area (Å²) in [4.78, 5) is 16.1. The summed E-state index contributed by atoms with van der Waals surface area (Å²) < 4.78 is 0. The Kier molecular flexibility index (Phi) is 4.97. The largest absolute Gasteiger partial charge is 0.338 e. The summed E-state index contributed by atoms with van der Waals surface area (Å²) in [5, 5.41) is 3.36. The molecule has 5 nitrogen and oxygen atoms in total. The van der Waals surface area contributed by atoms with Crippen LogP contribution < -0.4 is 10.2 Å². The van der Waals surface area contributed by atoms with Crippen molar-refractivity contribution in [1.29, 1.82) is 0 Å². The first-order chi connectivity index (χ1) is 11.6. The number of aryl methyl sites for hydroxylation is 3. The van der Waals surface area contributed by atoms with Crippen LogP contribution >= 0.6 is 0 Å². The first-order valence-electron chi connectivity index (χ1n) is 8.90. The molecule has 1 fully saturated rings. The van der Waals surface area contributed by atoms with Crippen LogP contribution in [0.15, 0.2) is 18.2 Å². The van der Waals surface area contributed by atoms with Crippen LogP contribution in [0.25, 0.3) is 0 Å². The zero-order chi connectivity index (χ0) is 17.1. The second kappa shape index (κ2) is 7.16. The van der Waals surface area contributed by atoms with Gasteiger partial charge in [0.1, 0.15) is 5.82 Å². The molecule has 128 valence electrons. The van der Waals surface area contributed by atoms with Crippen molar-refractivity contribution in [3.05, 3.63) is 35.2 Å². The Bertz CT molecular complexity index is 713. The number of anilines is 3. The van der Waals surface area contributed by atoms with Crippen LogP contribution in [0, 0.1) is 20.8 Å². The van der Waals surface area contributed by atoms with Gasteiger partial charge in [0, 0.05) is 18.3 Å². The topological polar surface area (TPSA) is 53.9 Å². The van der Waals surface area contributed by atoms with Crippen LogP contribution in [-0.2, 0) is 0 Å². The molecule has 1 aliphatic heterocycles. The molecule has 1 saturated heterocycles. The van der Waals surface area contributed by atoms with Crippen molar-refractivity contribution in [3.8, 4) is 0 Å². The quantitative estimate of drug-likeness (QED) is 0.908. The first kappa shape index (κ1) is 16.7. The Labute approximate surface area is 144 Å². The lowest BCUT2D eigenvalue weighted by Crippen LogP contribution is -2.40. The summed E-state index contributed by atoms with van der Waals surface area (Å²) in [6.07, 6.45) is 4.86. The first-order valence-corrected chi connectivity index (χ1v) is 8.90. The fourth-order valence-electron chi connectivity index (χ4n) is 3.41. The molecular weight excluding hydrogens is 298 g/mol. The minimum Gasteiger partial charge on any atom is -0.338 e. The molecule has 1 N–H and O–H groups in total. The van der Waals surface area contributed by atoms with Crippen LogP contribution in [-0.4, -0.2) is 27.5 Å². The monoisotopic (exact) mass is 325 g/mol. The molecule has 2 aromatic rings. The number of nitrogens with zero attached hydrogens (tertiary/aromatic N) is 4. The number of rotatable bonds is 4. The lowest BCUT2D eigenvalue weighted by atomic mass is 10.0. The molecule has 2 heterocycles. The number of nitrogens with one attached hydrogen (secondary N) is 1. The van der Waals surface area contributed by atoms with Crippen LogP contribution in [0.5, 0.6) is 0 Å². The van der Waals surface area contributed by atoms with E-state index in [1.807, 2.05) is 6.92 Å². The molecule has 0 bridgehead atoms. The fraction of sp³-hybridized carbons (Fsp3) is 0.526. The fourth-order valence-corrected chi connectivity index (χ4v) is 3.41. The van der Waals surface area contributed by atoms with E-state index in [4.69, 9.17) is 4.98 Å². The molecule has 1 unspecified atom stereocenters. The second-order valence-corrected chi connectivity index (χ2v) is 6.70. The van der Waals surface area contributed by atoms with Crippen LogP contribution in [0.2, 0.25) is 0 Å². The molecule has 24 heavy (non-hydrogen) atoms. The number of aromatic nitrogens is 3. The Balaban J connectivity index is 1.88. The third kappa shape index (κ3) is 3.66. The Morgan fingerprint density at radius 1 is 1.12 bits per heavy atom. The minimum absolute atomic E-state index is 0.537. The van der Waals surface area contributed by atoms with E-state index in [9.17, 15) is 0 Å². The van der Waals surface area contributed by atoms with Crippen molar-refractivity contribution in [2.45, 2.75) is 59.4 Å². The third-order valence-corrected chi connectivity index (χ3v) is 4.72. The Morgan fingerprint density at radius 3 is 2.71 bits per heavy atom. The predicted molar refractivity (Wildman–Crippen MR) is 99.0 cm³/mol. The molecule has 1 aromatic carbocycles. The second-order valence-electron chi connectivity index (χ2n) is 6.70. The van der Waals surface area contributed by atoms with Crippen LogP contribution in [0.4, 0.5) is 17.6 Å². The van der Waals surface area contributed by atoms with E-state index < -0.39 is 0 Å². The van der Waals surface area contributed by atoms with Gasteiger partial charge in [-0.2, -0.15) is 15.0 Å². The lowest BCUT2D eigenvalue weighted by molar-refractivity contribution is 0.442. The smallest absolute Gasteiger partial charge is 0.232 e. The van der Waals surface area contributed by atoms with Crippen molar-refractivity contribution in [2.24, 2.45) is 0 Å². The van der Waals surface area contributed by atoms with E-state index in [0.717, 1.165) is 30.4 Å². The van der Waals surface area contributed by atoms with E-state index in [2.05, 4.69) is 59.2 Å². The average Bonchev–Trinajstić information content (AvgIpc) is 2.57. The van der Waals surface area contributed by atoms with Crippen molar-refractivity contribution in [2.75, 3.05) is 16.8 Å². The molecular formula is C19H27N5. The lowest BCUT2D eigenvalue weighted by Gasteiger charge is -2.35. The van der Waals surface area contributed by atoms with Gasteiger partial charge in [-0.25, -0.2) is 0 Å². The van der Waals surface area contributed by atoms with Gasteiger partial charge in [-0.3, -0.25) is 0 Å². The zero-order valence-corrected chi connectivity index (χ0v) is 15.1. The summed E-state index contributed by atoms with van der Waals surface area (Å²) in [5.74, 6) is 2.19. The van der Waals surface area contributed by atoms with Crippen LogP contribution in [0.1, 0.15) is 49.6 Å². The van der Waals surface area contributed by atoms with E-state index in [1.165, 1.54) is 30.4 Å². The van der Waals surface area contributed by atoms with Crippen molar-refractivity contribution in [1.82, 2.24) is 15.0 Å². The summed E-state index contributed by atoms with van der Waals surface area (Å²) in [6, 6.07) is 6.88. The maximum atomic E-state index is 4.71. The van der Waals surface area contributed by atoms with Gasteiger partial charge in [0.2, 0.25) is 11.9 Å². The number of hydrogen-bond donors (Lipinski definition) is 1. The van der Waals surface area contributed by atoms with Gasteiger partial charge in [-0.1, -0.05) is 24.6 Å². The SMILES string of the molecule is CCC1CCCCN1c1nc(C)nc(Nc2ccc(C)cc2C)n1. The van der Waals surface area contributed by atoms with E-state index in [1.54, 1.807) is 0 Å². The maximum absolute atomic E-state index is 4.71. The van der Waals surface area contributed by atoms with E-state index >= 15 is 0 Å². The highest BCUT2D eigenvalue weighted by molar-refractivity contribution is 5.59. The summed E-state index contributed by atoms with van der Waals surface area (Å²) in [7, 11) is 0. The van der Waals surface area contributed by atoms with Gasteiger partial charge in [-0.05, 0) is 58.1 Å². The Morgan fingerprint density at radius 2 is 1.96 bits per heavy atom. The molecule has 0 amide bonds. The van der Waals surface area contributed by atoms with Crippen molar-refractivity contribution < 1.29 is 0 Å². The highest BCUT2D eigenvalue weighted by Gasteiger charge is 2.24. The third-order valence-electron chi connectivity index (χ3n) is 4.72. The summed E-state index contributed by atoms with van der Waals surface area (Å²) in [5.41, 5.74) is 3.49. The highest BCUT2D eigenvalue weighted by atomic mass is 15.3. The zero-order valence-electron chi connectivity index (χ0n) is 15.1. The molecule has 0 radical (unpaired) electrons. The molecule has 5 heteroatoms. The normalized spacial score (nSPS) is 17.8. The molecule has 1 atom stereocenters. The predicted octanol–water partition coefficient (Wildman–Crippen LogP) is 4.31. The van der Waals surface area contributed by atoms with Crippen LogP contribution in [0.3, 0.4) is 0 Å². The van der Waals surface area contributed by atoms with Gasteiger partial charge < -0.3 is 10.2 Å². The average molecular weight is 325 g/mol. The van der Waals surface area contributed by atoms with Crippen molar-refractivity contribution in [3.63, 3.8) is 0 Å². The van der Waals surface area contributed by atoms with E-state index in [-0.39, 0.29) is 0 Å². The van der Waals surface area contributed by atoms with E-state index in [0.29, 0.717) is 12.0 Å². The van der Waals surface area contributed by atoms with Gasteiger partial charge in [0.25, 0.3) is 0 Å². The number of piperidine rings is 1. The molecule has 3 rings (SSSR count). The van der Waals surface area contributed by atoms with Gasteiger partial charge in [0.05, 0.1) is 0 Å². The summed E-state index contributed by atoms with van der Waals surface area (Å²) >= 11 is 0. The number of benzene rings is 1. The standard InChI is InChI=1S/C19H27N5/c1-5-16-8-6-7-11-24(16)19-21-15(4)20-18(23-19)22-17-10-9-13(2)12-14(17)3/h9-10,12,16H,5-8,11H2,1-4H3,(H,20,21,22,23). The molecule has 0 saturated carbocycles. The van der Waals surface area contributed by atoms with Gasteiger partial charge in [0.15, 0.2) is 0 Å².